The van der Waals surface area contributed by atoms with E-state index in [0.717, 1.165) is 6.42 Å². The van der Waals surface area contributed by atoms with Crippen molar-refractivity contribution in [2.45, 2.75) is 12.3 Å². The molecule has 0 heterocycles. The molecule has 150 valence electrons. The third-order valence-electron chi connectivity index (χ3n) is 7.24. The first-order chi connectivity index (χ1) is 15.9. The lowest BCUT2D eigenvalue weighted by molar-refractivity contribution is 0.989. The van der Waals surface area contributed by atoms with E-state index in [0.29, 0.717) is 0 Å². The van der Waals surface area contributed by atoms with Crippen LogP contribution in [-0.4, -0.2) is 0 Å². The van der Waals surface area contributed by atoms with Gasteiger partial charge in [-0.25, -0.2) is 0 Å². The molecule has 0 aromatic heterocycles. The summed E-state index contributed by atoms with van der Waals surface area (Å²) in [5.41, 5.74) is 15.4. The first-order valence-electron chi connectivity index (χ1n) is 11.4. The lowest BCUT2D eigenvalue weighted by Crippen LogP contribution is -2.06. The molecule has 0 atom stereocenters. The molecule has 7 rings (SSSR count). The minimum Gasteiger partial charge on any atom is -0.0622 e. The molecule has 32 heavy (non-hydrogen) atoms. The van der Waals surface area contributed by atoms with Crippen molar-refractivity contribution in [1.29, 1.82) is 0 Å². The van der Waals surface area contributed by atoms with E-state index >= 15 is 0 Å². The molecule has 0 radical (unpaired) electrons. The fourth-order valence-corrected chi connectivity index (χ4v) is 5.90. The molecule has 0 spiro atoms. The van der Waals surface area contributed by atoms with Crippen molar-refractivity contribution in [3.8, 4) is 33.4 Å². The quantitative estimate of drug-likeness (QED) is 0.272. The van der Waals surface area contributed by atoms with Crippen LogP contribution in [0.1, 0.15) is 33.7 Å². The Balaban J connectivity index is 1.57. The summed E-state index contributed by atoms with van der Waals surface area (Å²) >= 11 is 0. The third kappa shape index (κ3) is 2.44. The number of rotatable bonds is 2. The SMILES string of the molecule is c1ccc(-c2ccc3c(c2C2c4ccccc4-c4ccccc42)Cc2ccccc2-3)cc1. The second-order valence-corrected chi connectivity index (χ2v) is 8.86. The van der Waals surface area contributed by atoms with Crippen LogP contribution in [0.5, 0.6) is 0 Å². The van der Waals surface area contributed by atoms with Crippen LogP contribution in [0, 0.1) is 0 Å². The van der Waals surface area contributed by atoms with Crippen LogP contribution in [0.15, 0.2) is 115 Å². The molecule has 5 aromatic rings. The van der Waals surface area contributed by atoms with Gasteiger partial charge in [0.1, 0.15) is 0 Å². The zero-order valence-electron chi connectivity index (χ0n) is 17.8. The topological polar surface area (TPSA) is 0 Å². The first kappa shape index (κ1) is 17.7. The molecular weight excluding hydrogens is 384 g/mol. The van der Waals surface area contributed by atoms with Crippen LogP contribution in [0.4, 0.5) is 0 Å². The Kier molecular flexibility index (Phi) is 3.77. The third-order valence-corrected chi connectivity index (χ3v) is 7.24. The van der Waals surface area contributed by atoms with Gasteiger partial charge in [-0.1, -0.05) is 115 Å². The fraction of sp³-hybridized carbons (Fsp3) is 0.0625. The number of fused-ring (bicyclic) bond motifs is 6. The number of benzene rings is 5. The maximum Gasteiger partial charge on any atom is 0.0361 e. The van der Waals surface area contributed by atoms with E-state index in [2.05, 4.69) is 115 Å². The van der Waals surface area contributed by atoms with Crippen molar-refractivity contribution in [2.24, 2.45) is 0 Å². The van der Waals surface area contributed by atoms with Gasteiger partial charge >= 0.3 is 0 Å². The van der Waals surface area contributed by atoms with Crippen LogP contribution in [-0.2, 0) is 6.42 Å². The normalized spacial score (nSPS) is 13.4. The van der Waals surface area contributed by atoms with Gasteiger partial charge in [-0.15, -0.1) is 0 Å². The second kappa shape index (κ2) is 6.80. The van der Waals surface area contributed by atoms with Gasteiger partial charge in [-0.3, -0.25) is 0 Å². The minimum atomic E-state index is 0.252. The summed E-state index contributed by atoms with van der Waals surface area (Å²) in [5.74, 6) is 0.252. The maximum atomic E-state index is 2.36. The molecule has 0 heteroatoms. The Morgan fingerprint density at radius 2 is 1.00 bits per heavy atom. The van der Waals surface area contributed by atoms with Crippen molar-refractivity contribution in [1.82, 2.24) is 0 Å². The van der Waals surface area contributed by atoms with Crippen LogP contribution in [0.25, 0.3) is 33.4 Å². The zero-order valence-corrected chi connectivity index (χ0v) is 17.8. The van der Waals surface area contributed by atoms with Gasteiger partial charge in [0.15, 0.2) is 0 Å². The molecule has 2 aliphatic rings. The van der Waals surface area contributed by atoms with E-state index in [1.54, 1.807) is 0 Å². The molecule has 0 N–H and O–H groups in total. The van der Waals surface area contributed by atoms with Crippen molar-refractivity contribution < 1.29 is 0 Å². The van der Waals surface area contributed by atoms with Crippen LogP contribution in [0.2, 0.25) is 0 Å². The summed E-state index contributed by atoms with van der Waals surface area (Å²) in [6.07, 6.45) is 1.00. The largest absolute Gasteiger partial charge is 0.0622 e. The van der Waals surface area contributed by atoms with Gasteiger partial charge < -0.3 is 0 Å². The Morgan fingerprint density at radius 1 is 0.438 bits per heavy atom. The minimum absolute atomic E-state index is 0.252. The van der Waals surface area contributed by atoms with Crippen molar-refractivity contribution in [2.75, 3.05) is 0 Å². The standard InChI is InChI=1S/C32H22/c1-2-10-21(11-3-1)24-18-19-27-23-13-5-4-12-22(23)20-30(27)31(24)32-28-16-8-6-14-25(28)26-15-7-9-17-29(26)32/h1-19,32H,20H2. The Hall–Kier alpha value is -3.90. The van der Waals surface area contributed by atoms with Crippen LogP contribution < -0.4 is 0 Å². The Labute approximate surface area is 188 Å². The molecule has 2 aliphatic carbocycles. The lowest BCUT2D eigenvalue weighted by atomic mass is 9.80. The summed E-state index contributed by atoms with van der Waals surface area (Å²) in [4.78, 5) is 0. The summed E-state index contributed by atoms with van der Waals surface area (Å²) in [6, 6.07) is 42.5. The van der Waals surface area contributed by atoms with Gasteiger partial charge in [-0.05, 0) is 67.6 Å². The first-order valence-corrected chi connectivity index (χ1v) is 11.4. The smallest absolute Gasteiger partial charge is 0.0361 e. The second-order valence-electron chi connectivity index (χ2n) is 8.86. The fourth-order valence-electron chi connectivity index (χ4n) is 5.90. The highest BCUT2D eigenvalue weighted by molar-refractivity contribution is 5.88. The van der Waals surface area contributed by atoms with Crippen LogP contribution >= 0.6 is 0 Å². The summed E-state index contributed by atoms with van der Waals surface area (Å²) in [6.45, 7) is 0. The molecule has 0 fully saturated rings. The predicted octanol–water partition coefficient (Wildman–Crippen LogP) is 8.09. The highest BCUT2D eigenvalue weighted by atomic mass is 14.4. The highest BCUT2D eigenvalue weighted by Crippen LogP contribution is 2.53. The van der Waals surface area contributed by atoms with Gasteiger partial charge in [0, 0.05) is 5.92 Å². The van der Waals surface area contributed by atoms with Crippen LogP contribution in [0.3, 0.4) is 0 Å². The summed E-state index contributed by atoms with van der Waals surface area (Å²) in [7, 11) is 0. The van der Waals surface area contributed by atoms with Gasteiger partial charge in [0.25, 0.3) is 0 Å². The Bertz CT molecular complexity index is 1440. The molecule has 0 saturated carbocycles. The lowest BCUT2D eigenvalue weighted by Gasteiger charge is -2.23. The zero-order chi connectivity index (χ0) is 21.1. The van der Waals surface area contributed by atoms with Crippen molar-refractivity contribution >= 4 is 0 Å². The number of hydrogen-bond donors (Lipinski definition) is 0. The average molecular weight is 407 g/mol. The van der Waals surface area contributed by atoms with E-state index in [-0.39, 0.29) is 5.92 Å². The molecule has 0 unspecified atom stereocenters. The van der Waals surface area contributed by atoms with E-state index in [1.165, 1.54) is 61.2 Å². The molecule has 0 bridgehead atoms. The summed E-state index contributed by atoms with van der Waals surface area (Å²) in [5, 5.41) is 0. The van der Waals surface area contributed by atoms with E-state index in [4.69, 9.17) is 0 Å². The van der Waals surface area contributed by atoms with E-state index in [9.17, 15) is 0 Å². The number of hydrogen-bond acceptors (Lipinski definition) is 0. The van der Waals surface area contributed by atoms with E-state index < -0.39 is 0 Å². The molecule has 0 nitrogen and oxygen atoms in total. The Morgan fingerprint density at radius 3 is 1.72 bits per heavy atom. The van der Waals surface area contributed by atoms with Gasteiger partial charge in [0.05, 0.1) is 0 Å². The van der Waals surface area contributed by atoms with Gasteiger partial charge in [-0.2, -0.15) is 0 Å². The van der Waals surface area contributed by atoms with Gasteiger partial charge in [0.2, 0.25) is 0 Å². The molecule has 0 amide bonds. The molecule has 5 aromatic carbocycles. The predicted molar refractivity (Wildman–Crippen MR) is 133 cm³/mol. The molecule has 0 saturated heterocycles. The van der Waals surface area contributed by atoms with E-state index in [1.807, 2.05) is 0 Å². The summed E-state index contributed by atoms with van der Waals surface area (Å²) < 4.78 is 0. The van der Waals surface area contributed by atoms with Crippen molar-refractivity contribution in [3.05, 3.63) is 143 Å². The maximum absolute atomic E-state index is 2.36. The molecule has 0 aliphatic heterocycles. The highest BCUT2D eigenvalue weighted by Gasteiger charge is 2.35. The monoisotopic (exact) mass is 406 g/mol. The average Bonchev–Trinajstić information content (AvgIpc) is 3.40. The van der Waals surface area contributed by atoms with Crippen molar-refractivity contribution in [3.63, 3.8) is 0 Å². The molecular formula is C32H22.